The van der Waals surface area contributed by atoms with Crippen molar-refractivity contribution in [3.63, 3.8) is 0 Å². The molecule has 0 aliphatic heterocycles. The van der Waals surface area contributed by atoms with Crippen LogP contribution in [0.1, 0.15) is 13.3 Å². The molecule has 0 atom stereocenters. The van der Waals surface area contributed by atoms with Crippen LogP contribution in [-0.4, -0.2) is 16.5 Å². The molecule has 0 aliphatic rings. The fourth-order valence-corrected chi connectivity index (χ4v) is 2.12. The van der Waals surface area contributed by atoms with Gasteiger partial charge in [-0.1, -0.05) is 30.1 Å². The summed E-state index contributed by atoms with van der Waals surface area (Å²) < 4.78 is 0.746. The minimum Gasteiger partial charge on any atom is -0.354 e. The molecule has 2 rings (SSSR count). The number of hydrogen-bond donors (Lipinski definition) is 2. The minimum absolute atomic E-state index is 0.565. The molecule has 0 radical (unpaired) electrons. The summed E-state index contributed by atoms with van der Waals surface area (Å²) in [7, 11) is 0. The lowest BCUT2D eigenvalue weighted by Gasteiger charge is -2.11. The zero-order valence-corrected chi connectivity index (χ0v) is 13.8. The smallest absolute Gasteiger partial charge is 0.224 e. The lowest BCUT2D eigenvalue weighted by atomic mass is 10.3. The van der Waals surface area contributed by atoms with Crippen LogP contribution in [0, 0.1) is 0 Å². The van der Waals surface area contributed by atoms with E-state index in [1.165, 1.54) is 0 Å². The van der Waals surface area contributed by atoms with Crippen molar-refractivity contribution in [2.75, 3.05) is 17.2 Å². The van der Waals surface area contributed by atoms with Crippen LogP contribution in [0.3, 0.4) is 0 Å². The molecule has 1 aromatic heterocycles. The van der Waals surface area contributed by atoms with Crippen molar-refractivity contribution in [2.24, 2.45) is 0 Å². The number of aromatic nitrogens is 2. The maximum atomic E-state index is 6.13. The first-order valence-corrected chi connectivity index (χ1v) is 7.63. The molecule has 0 fully saturated rings. The Kier molecular flexibility index (Phi) is 5.46. The van der Waals surface area contributed by atoms with Gasteiger partial charge in [-0.05, 0) is 40.5 Å². The van der Waals surface area contributed by atoms with Crippen LogP contribution in [0.25, 0.3) is 0 Å². The molecule has 0 unspecified atom stereocenters. The highest BCUT2D eigenvalue weighted by Gasteiger charge is 2.08. The first kappa shape index (κ1) is 15.4. The van der Waals surface area contributed by atoms with E-state index in [-0.39, 0.29) is 0 Å². The summed E-state index contributed by atoms with van der Waals surface area (Å²) in [6, 6.07) is 5.22. The first-order valence-electron chi connectivity index (χ1n) is 6.08. The van der Waals surface area contributed by atoms with Crippen LogP contribution in [0.4, 0.5) is 17.5 Å². The van der Waals surface area contributed by atoms with Gasteiger partial charge in [-0.3, -0.25) is 0 Å². The normalized spacial score (nSPS) is 10.4. The molecular weight excluding hydrogens is 363 g/mol. The Morgan fingerprint density at radius 2 is 2.10 bits per heavy atom. The lowest BCUT2D eigenvalue weighted by Crippen LogP contribution is -2.06. The van der Waals surface area contributed by atoms with Gasteiger partial charge < -0.3 is 10.6 Å². The molecule has 20 heavy (non-hydrogen) atoms. The third-order valence-electron chi connectivity index (χ3n) is 2.46. The lowest BCUT2D eigenvalue weighted by molar-refractivity contribution is 0.952. The number of benzene rings is 1. The van der Waals surface area contributed by atoms with Gasteiger partial charge in [0.1, 0.15) is 5.82 Å². The SMILES string of the molecule is CCCNc1ncc(Br)c(Nc2cc(Cl)ccc2Cl)n1. The molecular formula is C13H13BrCl2N4. The van der Waals surface area contributed by atoms with E-state index in [2.05, 4.69) is 43.5 Å². The zero-order chi connectivity index (χ0) is 14.5. The number of nitrogens with zero attached hydrogens (tertiary/aromatic N) is 2. The molecule has 2 aromatic rings. The molecule has 1 aromatic carbocycles. The molecule has 0 saturated heterocycles. The van der Waals surface area contributed by atoms with Crippen LogP contribution < -0.4 is 10.6 Å². The van der Waals surface area contributed by atoms with E-state index in [0.717, 1.165) is 17.4 Å². The molecule has 2 N–H and O–H groups in total. The summed E-state index contributed by atoms with van der Waals surface area (Å²) in [6.45, 7) is 2.90. The van der Waals surface area contributed by atoms with E-state index >= 15 is 0 Å². The number of hydrogen-bond acceptors (Lipinski definition) is 4. The van der Waals surface area contributed by atoms with E-state index in [9.17, 15) is 0 Å². The largest absolute Gasteiger partial charge is 0.354 e. The quantitative estimate of drug-likeness (QED) is 0.762. The van der Waals surface area contributed by atoms with Crippen molar-refractivity contribution in [1.29, 1.82) is 0 Å². The van der Waals surface area contributed by atoms with E-state index in [4.69, 9.17) is 23.2 Å². The number of rotatable bonds is 5. The van der Waals surface area contributed by atoms with E-state index in [0.29, 0.717) is 27.5 Å². The Hall–Kier alpha value is -1.04. The van der Waals surface area contributed by atoms with Gasteiger partial charge in [0, 0.05) is 17.8 Å². The molecule has 0 bridgehead atoms. The number of halogens is 3. The van der Waals surface area contributed by atoms with Crippen molar-refractivity contribution in [3.05, 3.63) is 38.9 Å². The third-order valence-corrected chi connectivity index (χ3v) is 3.60. The third kappa shape index (κ3) is 3.98. The van der Waals surface area contributed by atoms with Gasteiger partial charge in [0.25, 0.3) is 0 Å². The second kappa shape index (κ2) is 7.11. The average molecular weight is 376 g/mol. The van der Waals surface area contributed by atoms with E-state index in [1.807, 2.05) is 0 Å². The van der Waals surface area contributed by atoms with Gasteiger partial charge >= 0.3 is 0 Å². The fourth-order valence-electron chi connectivity index (χ4n) is 1.50. The van der Waals surface area contributed by atoms with Gasteiger partial charge in [0.05, 0.1) is 15.2 Å². The van der Waals surface area contributed by atoms with E-state index < -0.39 is 0 Å². The van der Waals surface area contributed by atoms with Gasteiger partial charge in [0.2, 0.25) is 5.95 Å². The number of nitrogens with one attached hydrogen (secondary N) is 2. The molecule has 1 heterocycles. The predicted molar refractivity (Wildman–Crippen MR) is 88.3 cm³/mol. The molecule has 0 aliphatic carbocycles. The van der Waals surface area contributed by atoms with Gasteiger partial charge in [-0.15, -0.1) is 0 Å². The van der Waals surface area contributed by atoms with Gasteiger partial charge in [-0.25, -0.2) is 4.98 Å². The summed E-state index contributed by atoms with van der Waals surface area (Å²) in [5.41, 5.74) is 0.694. The van der Waals surface area contributed by atoms with Crippen molar-refractivity contribution >= 4 is 56.6 Å². The van der Waals surface area contributed by atoms with Crippen molar-refractivity contribution in [2.45, 2.75) is 13.3 Å². The predicted octanol–water partition coefficient (Wildman–Crippen LogP) is 5.11. The zero-order valence-electron chi connectivity index (χ0n) is 10.8. The summed E-state index contributed by atoms with van der Waals surface area (Å²) >= 11 is 15.5. The molecule has 0 saturated carbocycles. The highest BCUT2D eigenvalue weighted by Crippen LogP contribution is 2.30. The summed E-state index contributed by atoms with van der Waals surface area (Å²) in [5.74, 6) is 1.19. The summed E-state index contributed by atoms with van der Waals surface area (Å²) in [4.78, 5) is 8.58. The topological polar surface area (TPSA) is 49.8 Å². The Morgan fingerprint density at radius 3 is 2.85 bits per heavy atom. The second-order valence-electron chi connectivity index (χ2n) is 4.07. The fraction of sp³-hybridized carbons (Fsp3) is 0.231. The average Bonchev–Trinajstić information content (AvgIpc) is 2.43. The standard InChI is InChI=1S/C13H13BrCl2N4/c1-2-5-17-13-18-7-9(14)12(20-13)19-11-6-8(15)3-4-10(11)16/h3-4,6-7H,2,5H2,1H3,(H2,17,18,19,20). The molecule has 7 heteroatoms. The highest BCUT2D eigenvalue weighted by atomic mass is 79.9. The maximum absolute atomic E-state index is 6.13. The van der Waals surface area contributed by atoms with Gasteiger partial charge in [-0.2, -0.15) is 4.98 Å². The Labute approximate surface area is 136 Å². The first-order chi connectivity index (χ1) is 9.60. The monoisotopic (exact) mass is 374 g/mol. The molecule has 0 amide bonds. The Morgan fingerprint density at radius 1 is 1.30 bits per heavy atom. The number of anilines is 3. The van der Waals surface area contributed by atoms with Crippen molar-refractivity contribution in [1.82, 2.24) is 9.97 Å². The van der Waals surface area contributed by atoms with Crippen LogP contribution in [-0.2, 0) is 0 Å². The molecule has 106 valence electrons. The summed E-state index contributed by atoms with van der Waals surface area (Å²) in [5, 5.41) is 7.45. The van der Waals surface area contributed by atoms with E-state index in [1.54, 1.807) is 24.4 Å². The highest BCUT2D eigenvalue weighted by molar-refractivity contribution is 9.10. The Bertz CT molecular complexity index is 607. The van der Waals surface area contributed by atoms with Crippen LogP contribution in [0.2, 0.25) is 10.0 Å². The van der Waals surface area contributed by atoms with Gasteiger partial charge in [0.15, 0.2) is 0 Å². The molecule has 0 spiro atoms. The Balaban J connectivity index is 2.25. The van der Waals surface area contributed by atoms with Crippen LogP contribution in [0.5, 0.6) is 0 Å². The maximum Gasteiger partial charge on any atom is 0.224 e. The molecule has 4 nitrogen and oxygen atoms in total. The minimum atomic E-state index is 0.565. The van der Waals surface area contributed by atoms with Crippen LogP contribution >= 0.6 is 39.1 Å². The van der Waals surface area contributed by atoms with Crippen LogP contribution in [0.15, 0.2) is 28.9 Å². The second-order valence-corrected chi connectivity index (χ2v) is 5.76. The summed E-state index contributed by atoms with van der Waals surface area (Å²) in [6.07, 6.45) is 2.69. The van der Waals surface area contributed by atoms with Crippen molar-refractivity contribution in [3.8, 4) is 0 Å². The van der Waals surface area contributed by atoms with Crippen molar-refractivity contribution < 1.29 is 0 Å².